The molecule has 9 heteroatoms. The second-order valence-corrected chi connectivity index (χ2v) is 8.08. The number of aromatic nitrogens is 3. The molecule has 0 saturated carbocycles. The third-order valence-electron chi connectivity index (χ3n) is 4.71. The van der Waals surface area contributed by atoms with Crippen LogP contribution in [-0.2, 0) is 11.8 Å². The molecule has 1 fully saturated rings. The van der Waals surface area contributed by atoms with Crippen LogP contribution in [0.3, 0.4) is 0 Å². The van der Waals surface area contributed by atoms with Gasteiger partial charge >= 0.3 is 6.03 Å². The Hall–Kier alpha value is -2.55. The van der Waals surface area contributed by atoms with Crippen molar-refractivity contribution in [3.8, 4) is 0 Å². The van der Waals surface area contributed by atoms with E-state index in [9.17, 15) is 9.59 Å². The molecule has 0 spiro atoms. The van der Waals surface area contributed by atoms with Crippen molar-refractivity contribution in [2.24, 2.45) is 7.05 Å². The summed E-state index contributed by atoms with van der Waals surface area (Å²) in [5, 5.41) is 11.9. The van der Waals surface area contributed by atoms with Gasteiger partial charge < -0.3 is 19.7 Å². The number of likely N-dealkylation sites (N-methyl/N-ethyl adjacent to an activating group) is 1. The van der Waals surface area contributed by atoms with E-state index in [0.717, 1.165) is 10.7 Å². The smallest absolute Gasteiger partial charge is 0.322 e. The Morgan fingerprint density at radius 2 is 2.15 bits per heavy atom. The van der Waals surface area contributed by atoms with Crippen molar-refractivity contribution < 1.29 is 9.59 Å². The maximum Gasteiger partial charge on any atom is 0.322 e. The van der Waals surface area contributed by atoms with Gasteiger partial charge in [0.25, 0.3) is 0 Å². The Labute approximate surface area is 162 Å². The second-order valence-electron chi connectivity index (χ2n) is 6.77. The van der Waals surface area contributed by atoms with Crippen molar-refractivity contribution in [1.29, 1.82) is 0 Å². The van der Waals surface area contributed by atoms with Gasteiger partial charge in [0.15, 0.2) is 5.16 Å². The van der Waals surface area contributed by atoms with Gasteiger partial charge in [0.05, 0.1) is 0 Å². The molecule has 2 atom stereocenters. The minimum atomic E-state index is -0.256. The number of hydrogen-bond donors (Lipinski definition) is 1. The van der Waals surface area contributed by atoms with Crippen LogP contribution < -0.4 is 5.32 Å². The molecule has 0 aliphatic carbocycles. The van der Waals surface area contributed by atoms with Crippen molar-refractivity contribution in [2.45, 2.75) is 30.3 Å². The monoisotopic (exact) mass is 388 g/mol. The van der Waals surface area contributed by atoms with Crippen molar-refractivity contribution in [2.75, 3.05) is 25.5 Å². The first kappa shape index (κ1) is 19.2. The molecule has 27 heavy (non-hydrogen) atoms. The Morgan fingerprint density at radius 3 is 2.81 bits per heavy atom. The quantitative estimate of drug-likeness (QED) is 0.813. The number of hydrogen-bond acceptors (Lipinski definition) is 5. The molecule has 8 nitrogen and oxygen atoms in total. The summed E-state index contributed by atoms with van der Waals surface area (Å²) in [6.45, 7) is 4.64. The van der Waals surface area contributed by atoms with Gasteiger partial charge in [-0.3, -0.25) is 4.79 Å². The molecular formula is C18H24N6O2S. The Bertz CT molecular complexity index is 839. The molecule has 1 aromatic heterocycles. The second kappa shape index (κ2) is 7.99. The van der Waals surface area contributed by atoms with Crippen LogP contribution in [0, 0.1) is 0 Å². The topological polar surface area (TPSA) is 83.4 Å². The number of benzene rings is 1. The van der Waals surface area contributed by atoms with E-state index in [1.165, 1.54) is 0 Å². The van der Waals surface area contributed by atoms with Crippen LogP contribution in [0.15, 0.2) is 35.7 Å². The van der Waals surface area contributed by atoms with Crippen molar-refractivity contribution in [1.82, 2.24) is 24.6 Å². The summed E-state index contributed by atoms with van der Waals surface area (Å²) in [6, 6.07) is 7.48. The van der Waals surface area contributed by atoms with Gasteiger partial charge in [0, 0.05) is 37.6 Å². The van der Waals surface area contributed by atoms with Gasteiger partial charge in [-0.25, -0.2) is 4.79 Å². The lowest BCUT2D eigenvalue weighted by Gasteiger charge is -2.37. The van der Waals surface area contributed by atoms with Gasteiger partial charge in [-0.1, -0.05) is 23.9 Å². The van der Waals surface area contributed by atoms with E-state index in [4.69, 9.17) is 0 Å². The highest BCUT2D eigenvalue weighted by molar-refractivity contribution is 7.99. The number of piperazine rings is 1. The lowest BCUT2D eigenvalue weighted by Crippen LogP contribution is -2.56. The Kier molecular flexibility index (Phi) is 5.69. The van der Waals surface area contributed by atoms with Crippen molar-refractivity contribution in [3.63, 3.8) is 0 Å². The lowest BCUT2D eigenvalue weighted by molar-refractivity contribution is -0.135. The average molecular weight is 388 g/mol. The van der Waals surface area contributed by atoms with E-state index >= 15 is 0 Å². The molecule has 2 unspecified atom stereocenters. The minimum Gasteiger partial charge on any atom is -0.340 e. The zero-order valence-corrected chi connectivity index (χ0v) is 16.7. The van der Waals surface area contributed by atoms with Crippen LogP contribution in [0.25, 0.3) is 0 Å². The van der Waals surface area contributed by atoms with Crippen LogP contribution in [0.1, 0.15) is 24.7 Å². The zero-order valence-electron chi connectivity index (χ0n) is 15.9. The van der Waals surface area contributed by atoms with Crippen LogP contribution in [0.5, 0.6) is 0 Å². The van der Waals surface area contributed by atoms with Gasteiger partial charge in [-0.2, -0.15) is 0 Å². The number of carbonyl (C=O) groups excluding carboxylic acids is 2. The molecule has 1 saturated heterocycles. The number of carbonyl (C=O) groups is 2. The molecule has 1 aliphatic rings. The number of aryl methyl sites for hydroxylation is 1. The van der Waals surface area contributed by atoms with E-state index in [1.807, 2.05) is 42.8 Å². The van der Waals surface area contributed by atoms with Gasteiger partial charge in [0.2, 0.25) is 5.91 Å². The highest BCUT2D eigenvalue weighted by atomic mass is 32.2. The van der Waals surface area contributed by atoms with Gasteiger partial charge in [0.1, 0.15) is 12.9 Å². The summed E-state index contributed by atoms with van der Waals surface area (Å²) in [5.41, 5.74) is 1.78. The number of urea groups is 1. The summed E-state index contributed by atoms with van der Waals surface area (Å²) in [5.74, 6) is -0.0497. The van der Waals surface area contributed by atoms with E-state index in [0.29, 0.717) is 12.2 Å². The molecule has 0 radical (unpaired) electrons. The highest BCUT2D eigenvalue weighted by Crippen LogP contribution is 2.34. The van der Waals surface area contributed by atoms with Crippen LogP contribution in [0.4, 0.5) is 10.5 Å². The third kappa shape index (κ3) is 4.41. The molecule has 2 heterocycles. The fourth-order valence-corrected chi connectivity index (χ4v) is 3.77. The zero-order chi connectivity index (χ0) is 19.6. The summed E-state index contributed by atoms with van der Waals surface area (Å²) >= 11 is 1.60. The molecule has 1 aromatic carbocycles. The van der Waals surface area contributed by atoms with E-state index in [2.05, 4.69) is 22.4 Å². The summed E-state index contributed by atoms with van der Waals surface area (Å²) in [7, 11) is 3.67. The molecule has 1 aliphatic heterocycles. The van der Waals surface area contributed by atoms with Crippen molar-refractivity contribution >= 4 is 29.4 Å². The number of nitrogens with one attached hydrogen (secondary N) is 1. The van der Waals surface area contributed by atoms with Crippen LogP contribution in [0.2, 0.25) is 0 Å². The van der Waals surface area contributed by atoms with E-state index in [1.54, 1.807) is 34.9 Å². The first-order valence-electron chi connectivity index (χ1n) is 8.77. The Morgan fingerprint density at radius 1 is 1.37 bits per heavy atom. The van der Waals surface area contributed by atoms with Crippen LogP contribution in [-0.4, -0.2) is 62.7 Å². The largest absolute Gasteiger partial charge is 0.340 e. The normalized spacial score (nSPS) is 18.5. The molecular weight excluding hydrogens is 364 g/mol. The minimum absolute atomic E-state index is 0.00570. The number of amides is 3. The molecule has 1 N–H and O–H groups in total. The van der Waals surface area contributed by atoms with Gasteiger partial charge in [-0.05, 0) is 31.5 Å². The number of rotatable bonds is 4. The molecule has 2 aromatic rings. The summed E-state index contributed by atoms with van der Waals surface area (Å²) < 4.78 is 1.87. The standard InChI is InChI=1S/C18H24N6O2S/c1-12-9-24(10-16(25)23(12)4)17(26)20-15-7-5-6-14(8-15)13(2)27-18-21-19-11-22(18)3/h5-8,11-13H,9-10H2,1-4H3,(H,20,26). The lowest BCUT2D eigenvalue weighted by atomic mass is 10.1. The highest BCUT2D eigenvalue weighted by Gasteiger charge is 2.29. The number of nitrogens with zero attached hydrogens (tertiary/aromatic N) is 5. The Balaban J connectivity index is 1.66. The average Bonchev–Trinajstić information content (AvgIpc) is 3.04. The van der Waals surface area contributed by atoms with Crippen LogP contribution >= 0.6 is 11.8 Å². The predicted octanol–water partition coefficient (Wildman–Crippen LogP) is 2.36. The SMILES string of the molecule is CC(Sc1nncn1C)c1cccc(NC(=O)N2CC(=O)N(C)C(C)C2)c1. The number of anilines is 1. The van der Waals surface area contributed by atoms with E-state index in [-0.39, 0.29) is 29.8 Å². The number of thioether (sulfide) groups is 1. The molecule has 3 amide bonds. The molecule has 0 bridgehead atoms. The maximum atomic E-state index is 12.6. The summed E-state index contributed by atoms with van der Waals surface area (Å²) in [4.78, 5) is 27.8. The molecule has 144 valence electrons. The van der Waals surface area contributed by atoms with E-state index < -0.39 is 0 Å². The van der Waals surface area contributed by atoms with Gasteiger partial charge in [-0.15, -0.1) is 10.2 Å². The summed E-state index contributed by atoms with van der Waals surface area (Å²) in [6.07, 6.45) is 1.67. The van der Waals surface area contributed by atoms with Crippen molar-refractivity contribution in [3.05, 3.63) is 36.2 Å². The predicted molar refractivity (Wildman–Crippen MR) is 105 cm³/mol. The fourth-order valence-electron chi connectivity index (χ4n) is 2.86. The third-order valence-corrected chi connectivity index (χ3v) is 5.92. The first-order valence-corrected chi connectivity index (χ1v) is 9.65. The maximum absolute atomic E-state index is 12.6. The first-order chi connectivity index (χ1) is 12.8. The fraction of sp³-hybridized carbons (Fsp3) is 0.444. The molecule has 3 rings (SSSR count).